The Kier molecular flexibility index (Phi) is 3.19. The van der Waals surface area contributed by atoms with Crippen LogP contribution in [-0.4, -0.2) is 16.1 Å². The van der Waals surface area contributed by atoms with Crippen LogP contribution in [0.4, 0.5) is 14.7 Å². The second-order valence-corrected chi connectivity index (χ2v) is 4.84. The number of halogens is 2. The molecule has 0 atom stereocenters. The number of imidazole rings is 1. The van der Waals surface area contributed by atoms with Gasteiger partial charge in [0.2, 0.25) is 5.95 Å². The quantitative estimate of drug-likeness (QED) is 0.898. The number of nitrogens with zero attached hydrogens (tertiary/aromatic N) is 2. The highest BCUT2D eigenvalue weighted by Crippen LogP contribution is 2.36. The minimum atomic E-state index is -0.533. The molecule has 0 radical (unpaired) electrons. The van der Waals surface area contributed by atoms with Gasteiger partial charge in [-0.1, -0.05) is 0 Å². The van der Waals surface area contributed by atoms with E-state index in [2.05, 4.69) is 14.9 Å². The van der Waals surface area contributed by atoms with Gasteiger partial charge in [0, 0.05) is 31.0 Å². The molecule has 0 bridgehead atoms. The predicted molar refractivity (Wildman–Crippen MR) is 69.0 cm³/mol. The standard InChI is InChI=1S/C14H15F2N3/c15-11-7-10(8-12(16)9-11)3-4-17-14-18-5-6-19(14)13-1-2-13/h5-9,13H,1-4H2,(H,17,18). The molecule has 1 aliphatic carbocycles. The van der Waals surface area contributed by atoms with Crippen molar-refractivity contribution in [3.63, 3.8) is 0 Å². The molecular weight excluding hydrogens is 248 g/mol. The zero-order valence-electron chi connectivity index (χ0n) is 10.4. The smallest absolute Gasteiger partial charge is 0.203 e. The average molecular weight is 263 g/mol. The molecule has 0 spiro atoms. The molecular formula is C14H15F2N3. The highest BCUT2D eigenvalue weighted by molar-refractivity contribution is 5.28. The Hall–Kier alpha value is -1.91. The van der Waals surface area contributed by atoms with Crippen molar-refractivity contribution in [2.45, 2.75) is 25.3 Å². The van der Waals surface area contributed by atoms with Gasteiger partial charge in [-0.05, 0) is 37.0 Å². The number of aromatic nitrogens is 2. The van der Waals surface area contributed by atoms with Crippen LogP contribution < -0.4 is 5.32 Å². The topological polar surface area (TPSA) is 29.9 Å². The molecule has 1 fully saturated rings. The van der Waals surface area contributed by atoms with Crippen molar-refractivity contribution < 1.29 is 8.78 Å². The molecule has 1 N–H and O–H groups in total. The molecule has 1 aliphatic rings. The first-order valence-electron chi connectivity index (χ1n) is 6.44. The van der Waals surface area contributed by atoms with E-state index in [1.54, 1.807) is 6.20 Å². The molecule has 5 heteroatoms. The van der Waals surface area contributed by atoms with Crippen LogP contribution in [-0.2, 0) is 6.42 Å². The molecule has 0 amide bonds. The van der Waals surface area contributed by atoms with E-state index < -0.39 is 11.6 Å². The summed E-state index contributed by atoms with van der Waals surface area (Å²) in [5, 5.41) is 3.21. The summed E-state index contributed by atoms with van der Waals surface area (Å²) in [5.41, 5.74) is 0.648. The Morgan fingerprint density at radius 3 is 2.63 bits per heavy atom. The molecule has 3 nitrogen and oxygen atoms in total. The fraction of sp³-hybridized carbons (Fsp3) is 0.357. The zero-order valence-corrected chi connectivity index (χ0v) is 10.4. The summed E-state index contributed by atoms with van der Waals surface area (Å²) in [5.74, 6) is -0.233. The Balaban J connectivity index is 1.59. The van der Waals surface area contributed by atoms with Crippen molar-refractivity contribution in [1.29, 1.82) is 0 Å². The maximum absolute atomic E-state index is 13.0. The number of nitrogens with one attached hydrogen (secondary N) is 1. The van der Waals surface area contributed by atoms with Gasteiger partial charge in [0.1, 0.15) is 11.6 Å². The van der Waals surface area contributed by atoms with Crippen LogP contribution in [0.3, 0.4) is 0 Å². The molecule has 2 aromatic rings. The number of hydrogen-bond donors (Lipinski definition) is 1. The van der Waals surface area contributed by atoms with Crippen molar-refractivity contribution in [3.05, 3.63) is 47.8 Å². The van der Waals surface area contributed by atoms with Crippen molar-refractivity contribution in [3.8, 4) is 0 Å². The third-order valence-corrected chi connectivity index (χ3v) is 3.23. The van der Waals surface area contributed by atoms with E-state index in [0.717, 1.165) is 12.0 Å². The molecule has 3 rings (SSSR count). The molecule has 0 unspecified atom stereocenters. The lowest BCUT2D eigenvalue weighted by atomic mass is 10.1. The Morgan fingerprint density at radius 2 is 1.95 bits per heavy atom. The normalized spacial score (nSPS) is 14.6. The first-order chi connectivity index (χ1) is 9.22. The molecule has 19 heavy (non-hydrogen) atoms. The van der Waals surface area contributed by atoms with Gasteiger partial charge < -0.3 is 9.88 Å². The van der Waals surface area contributed by atoms with Crippen LogP contribution in [0.15, 0.2) is 30.6 Å². The van der Waals surface area contributed by atoms with Crippen LogP contribution in [0.2, 0.25) is 0 Å². The second kappa shape index (κ2) is 4.99. The summed E-state index contributed by atoms with van der Waals surface area (Å²) in [4.78, 5) is 4.25. The largest absolute Gasteiger partial charge is 0.355 e. The second-order valence-electron chi connectivity index (χ2n) is 4.84. The Morgan fingerprint density at radius 1 is 1.21 bits per heavy atom. The van der Waals surface area contributed by atoms with Crippen molar-refractivity contribution in [2.75, 3.05) is 11.9 Å². The van der Waals surface area contributed by atoms with Crippen molar-refractivity contribution in [1.82, 2.24) is 9.55 Å². The summed E-state index contributed by atoms with van der Waals surface area (Å²) in [6, 6.07) is 4.17. The molecule has 1 aromatic heterocycles. The zero-order chi connectivity index (χ0) is 13.2. The number of benzene rings is 1. The molecule has 1 heterocycles. The van der Waals surface area contributed by atoms with Gasteiger partial charge in [-0.2, -0.15) is 0 Å². The van der Waals surface area contributed by atoms with Crippen LogP contribution in [0.5, 0.6) is 0 Å². The van der Waals surface area contributed by atoms with Crippen LogP contribution >= 0.6 is 0 Å². The molecule has 100 valence electrons. The fourth-order valence-corrected chi connectivity index (χ4v) is 2.17. The van der Waals surface area contributed by atoms with E-state index in [0.29, 0.717) is 24.6 Å². The van der Waals surface area contributed by atoms with E-state index in [1.165, 1.54) is 25.0 Å². The van der Waals surface area contributed by atoms with Gasteiger partial charge in [-0.25, -0.2) is 13.8 Å². The maximum atomic E-state index is 13.0. The van der Waals surface area contributed by atoms with E-state index in [9.17, 15) is 8.78 Å². The summed E-state index contributed by atoms with van der Waals surface area (Å²) >= 11 is 0. The van der Waals surface area contributed by atoms with Gasteiger partial charge in [0.25, 0.3) is 0 Å². The summed E-state index contributed by atoms with van der Waals surface area (Å²) in [7, 11) is 0. The van der Waals surface area contributed by atoms with E-state index in [1.807, 2.05) is 6.20 Å². The summed E-state index contributed by atoms with van der Waals surface area (Å²) in [6.07, 6.45) is 6.68. The van der Waals surface area contributed by atoms with Gasteiger partial charge in [-0.15, -0.1) is 0 Å². The lowest BCUT2D eigenvalue weighted by molar-refractivity contribution is 0.580. The van der Waals surface area contributed by atoms with Crippen LogP contribution in [0.1, 0.15) is 24.4 Å². The number of rotatable bonds is 5. The highest BCUT2D eigenvalue weighted by atomic mass is 19.1. The fourth-order valence-electron chi connectivity index (χ4n) is 2.17. The van der Waals surface area contributed by atoms with Gasteiger partial charge >= 0.3 is 0 Å². The highest BCUT2D eigenvalue weighted by Gasteiger charge is 2.25. The third-order valence-electron chi connectivity index (χ3n) is 3.23. The minimum Gasteiger partial charge on any atom is -0.355 e. The first kappa shape index (κ1) is 12.1. The van der Waals surface area contributed by atoms with Gasteiger partial charge in [0.15, 0.2) is 0 Å². The number of hydrogen-bond acceptors (Lipinski definition) is 2. The first-order valence-corrected chi connectivity index (χ1v) is 6.44. The third kappa shape index (κ3) is 2.92. The van der Waals surface area contributed by atoms with E-state index in [-0.39, 0.29) is 0 Å². The molecule has 1 aromatic carbocycles. The SMILES string of the molecule is Fc1cc(F)cc(CCNc2nccn2C2CC2)c1. The molecule has 0 aliphatic heterocycles. The van der Waals surface area contributed by atoms with Crippen LogP contribution in [0.25, 0.3) is 0 Å². The lowest BCUT2D eigenvalue weighted by Gasteiger charge is -2.08. The minimum absolute atomic E-state index is 0.533. The number of anilines is 1. The van der Waals surface area contributed by atoms with E-state index >= 15 is 0 Å². The summed E-state index contributed by atoms with van der Waals surface area (Å²) in [6.45, 7) is 0.604. The van der Waals surface area contributed by atoms with Gasteiger partial charge in [0.05, 0.1) is 0 Å². The van der Waals surface area contributed by atoms with E-state index in [4.69, 9.17) is 0 Å². The average Bonchev–Trinajstić information content (AvgIpc) is 3.09. The maximum Gasteiger partial charge on any atom is 0.203 e. The predicted octanol–water partition coefficient (Wildman–Crippen LogP) is 3.15. The summed E-state index contributed by atoms with van der Waals surface area (Å²) < 4.78 is 28.2. The Labute approximate surface area is 110 Å². The van der Waals surface area contributed by atoms with Crippen LogP contribution in [0, 0.1) is 11.6 Å². The molecule has 0 saturated heterocycles. The lowest BCUT2D eigenvalue weighted by Crippen LogP contribution is -2.10. The van der Waals surface area contributed by atoms with Gasteiger partial charge in [-0.3, -0.25) is 0 Å². The van der Waals surface area contributed by atoms with Crippen molar-refractivity contribution >= 4 is 5.95 Å². The van der Waals surface area contributed by atoms with Crippen molar-refractivity contribution in [2.24, 2.45) is 0 Å². The monoisotopic (exact) mass is 263 g/mol. The molecule has 1 saturated carbocycles. The Bertz CT molecular complexity index is 556.